The maximum Gasteiger partial charge on any atom is 2.00 e. The summed E-state index contributed by atoms with van der Waals surface area (Å²) in [5.74, 6) is 4.11. The van der Waals surface area contributed by atoms with E-state index in [0.717, 1.165) is 74.4 Å². The summed E-state index contributed by atoms with van der Waals surface area (Å²) in [4.78, 5) is 0. The second-order valence-electron chi connectivity index (χ2n) is 5.72. The first kappa shape index (κ1) is 35.1. The topological polar surface area (TPSA) is 46.1 Å². The van der Waals surface area contributed by atoms with Gasteiger partial charge in [-0.2, -0.15) is 8.77 Å². The first-order valence-electron chi connectivity index (χ1n) is 9.21. The molecule has 0 spiro atoms. The maximum absolute atomic E-state index is 11.0. The van der Waals surface area contributed by atoms with Crippen LogP contribution in [0.2, 0.25) is 0 Å². The van der Waals surface area contributed by atoms with Gasteiger partial charge < -0.3 is 32.0 Å². The first-order valence-corrected chi connectivity index (χ1v) is 13.2. The summed E-state index contributed by atoms with van der Waals surface area (Å²) in [5, 5.41) is 22.0. The summed E-state index contributed by atoms with van der Waals surface area (Å²) in [6, 6.07) is 0. The van der Waals surface area contributed by atoms with Crippen molar-refractivity contribution in [1.29, 1.82) is 0 Å². The predicted molar refractivity (Wildman–Crippen MR) is 119 cm³/mol. The molecule has 0 aromatic rings. The van der Waals surface area contributed by atoms with Gasteiger partial charge >= 0.3 is 36.0 Å². The molecule has 0 aromatic carbocycles. The van der Waals surface area contributed by atoms with Gasteiger partial charge in [-0.3, -0.25) is 0 Å². The van der Waals surface area contributed by atoms with Gasteiger partial charge in [0.2, 0.25) is 0 Å². The summed E-state index contributed by atoms with van der Waals surface area (Å²) < 4.78 is -0.00574. The molecule has 0 saturated carbocycles. The van der Waals surface area contributed by atoms with Gasteiger partial charge in [-0.1, -0.05) is 79.1 Å². The number of thiocarbonyl (C=S) groups is 2. The fourth-order valence-corrected chi connectivity index (χ4v) is 6.44. The zero-order chi connectivity index (χ0) is 18.8. The molecule has 0 bridgehead atoms. The van der Waals surface area contributed by atoms with E-state index in [1.165, 1.54) is 0 Å². The SMILES string of the molecule is CCCC[S-](CCCC)C([O-])=S.CCCC[S-](CCCC)C([O-])=S.[Ni+2].[Zn+2]. The third-order valence-corrected chi connectivity index (χ3v) is 8.93. The van der Waals surface area contributed by atoms with E-state index in [4.69, 9.17) is 24.4 Å². The Balaban J connectivity index is -0.000000173. The number of hydrogen-bond donors (Lipinski definition) is 0. The van der Waals surface area contributed by atoms with Crippen LogP contribution in [0.5, 0.6) is 0 Å². The van der Waals surface area contributed by atoms with Crippen LogP contribution in [-0.4, -0.2) is 31.8 Å². The van der Waals surface area contributed by atoms with E-state index in [9.17, 15) is 10.2 Å². The van der Waals surface area contributed by atoms with Crippen molar-refractivity contribution in [2.24, 2.45) is 0 Å². The van der Waals surface area contributed by atoms with E-state index < -0.39 is 0 Å². The van der Waals surface area contributed by atoms with Crippen LogP contribution in [0.4, 0.5) is 0 Å². The largest absolute Gasteiger partial charge is 2.00 e. The first-order chi connectivity index (χ1) is 11.4. The van der Waals surface area contributed by atoms with Crippen molar-refractivity contribution in [2.75, 3.05) is 23.0 Å². The Bertz CT molecular complexity index is 278. The Morgan fingerprint density at radius 3 is 0.923 bits per heavy atom. The molecule has 0 aliphatic carbocycles. The van der Waals surface area contributed by atoms with Crippen LogP contribution in [0.1, 0.15) is 79.1 Å². The van der Waals surface area contributed by atoms with Crippen LogP contribution in [0.3, 0.4) is 0 Å². The minimum absolute atomic E-state index is 0. The van der Waals surface area contributed by atoms with E-state index in [0.29, 0.717) is 0 Å². The van der Waals surface area contributed by atoms with Crippen LogP contribution in [0.15, 0.2) is 0 Å². The molecular formula is C18H36NiO2S4Zn. The normalized spacial score (nSPS) is 10.5. The summed E-state index contributed by atoms with van der Waals surface area (Å²) in [6.45, 7) is 8.59. The fourth-order valence-electron chi connectivity index (χ4n) is 1.81. The van der Waals surface area contributed by atoms with Crippen LogP contribution < -0.4 is 10.2 Å². The Morgan fingerprint density at radius 2 is 0.808 bits per heavy atom. The van der Waals surface area contributed by atoms with E-state index in [2.05, 4.69) is 27.7 Å². The van der Waals surface area contributed by atoms with Crippen molar-refractivity contribution >= 4 is 55.0 Å². The van der Waals surface area contributed by atoms with E-state index >= 15 is 0 Å². The second kappa shape index (κ2) is 26.6. The molecule has 0 saturated heterocycles. The summed E-state index contributed by atoms with van der Waals surface area (Å²) >= 11 is 9.40. The number of hydrogen-bond acceptors (Lipinski definition) is 6. The smallest absolute Gasteiger partial charge is 0.884 e. The predicted octanol–water partition coefficient (Wildman–Crippen LogP) is 3.70. The summed E-state index contributed by atoms with van der Waals surface area (Å²) in [5.41, 5.74) is 0. The van der Waals surface area contributed by atoms with Gasteiger partial charge in [0.15, 0.2) is 0 Å². The minimum Gasteiger partial charge on any atom is -0.884 e. The molecule has 0 heterocycles. The molecule has 0 amide bonds. The monoisotopic (exact) mass is 534 g/mol. The van der Waals surface area contributed by atoms with Crippen LogP contribution in [0, 0.1) is 0 Å². The van der Waals surface area contributed by atoms with Gasteiger partial charge in [-0.05, 0) is 0 Å². The van der Waals surface area contributed by atoms with Crippen molar-refractivity contribution in [2.45, 2.75) is 79.1 Å². The molecule has 0 aliphatic heterocycles. The molecule has 156 valence electrons. The molecule has 0 fully saturated rings. The Kier molecular flexibility index (Phi) is 35.9. The van der Waals surface area contributed by atoms with Gasteiger partial charge in [0.05, 0.1) is 0 Å². The Morgan fingerprint density at radius 1 is 0.615 bits per heavy atom. The zero-order valence-corrected chi connectivity index (χ0v) is 24.2. The number of unbranched alkanes of at least 4 members (excludes halogenated alkanes) is 4. The van der Waals surface area contributed by atoms with Gasteiger partial charge in [0.25, 0.3) is 0 Å². The second-order valence-corrected chi connectivity index (χ2v) is 11.3. The number of rotatable bonds is 12. The molecule has 26 heavy (non-hydrogen) atoms. The van der Waals surface area contributed by atoms with Gasteiger partial charge in [0.1, 0.15) is 0 Å². The minimum atomic E-state index is -0.100. The average Bonchev–Trinajstić information content (AvgIpc) is 2.55. The average molecular weight is 537 g/mol. The van der Waals surface area contributed by atoms with Crippen LogP contribution >= 0.6 is 24.4 Å². The van der Waals surface area contributed by atoms with E-state index in [1.807, 2.05) is 0 Å². The molecule has 0 N–H and O–H groups in total. The third kappa shape index (κ3) is 23.6. The molecule has 0 rings (SSSR count). The third-order valence-electron chi connectivity index (χ3n) is 3.45. The van der Waals surface area contributed by atoms with E-state index in [-0.39, 0.29) is 66.5 Å². The van der Waals surface area contributed by atoms with Crippen molar-refractivity contribution in [3.8, 4) is 0 Å². The molecule has 0 aromatic heterocycles. The molecule has 0 atom stereocenters. The standard InChI is InChI=1S/2C9H19OS2.Ni.Zn/c2*1-3-5-7-12(9(10)11)8-6-4-2;;/h2*3-8H2,1-2H3,(H,10,11);;/q2*-1;2*+2/p-2. The van der Waals surface area contributed by atoms with Crippen LogP contribution in [-0.2, 0) is 57.8 Å². The van der Waals surface area contributed by atoms with Gasteiger partial charge in [-0.15, -0.1) is 47.4 Å². The molecule has 2 nitrogen and oxygen atoms in total. The molecular weight excluding hydrogens is 501 g/mol. The molecule has 8 heteroatoms. The molecule has 0 unspecified atom stereocenters. The van der Waals surface area contributed by atoms with Crippen molar-refractivity contribution in [3.63, 3.8) is 0 Å². The Labute approximate surface area is 201 Å². The van der Waals surface area contributed by atoms with Gasteiger partial charge in [0, 0.05) is 0 Å². The quantitative estimate of drug-likeness (QED) is 0.217. The van der Waals surface area contributed by atoms with Gasteiger partial charge in [-0.25, -0.2) is 0 Å². The van der Waals surface area contributed by atoms with Crippen molar-refractivity contribution < 1.29 is 46.2 Å². The zero-order valence-electron chi connectivity index (χ0n) is 17.0. The summed E-state index contributed by atoms with van der Waals surface area (Å²) in [7, 11) is -0.200. The fraction of sp³-hybridized carbons (Fsp3) is 0.889. The molecule has 0 radical (unpaired) electrons. The summed E-state index contributed by atoms with van der Waals surface area (Å²) in [6.07, 6.45) is 9.25. The Hall–Kier alpha value is 1.60. The van der Waals surface area contributed by atoms with E-state index in [1.54, 1.807) is 0 Å². The van der Waals surface area contributed by atoms with Crippen molar-refractivity contribution in [3.05, 3.63) is 0 Å². The maximum atomic E-state index is 11.0. The van der Waals surface area contributed by atoms with Crippen LogP contribution in [0.25, 0.3) is 0 Å². The van der Waals surface area contributed by atoms with Crippen molar-refractivity contribution in [1.82, 2.24) is 0 Å². The molecule has 0 aliphatic rings.